The van der Waals surface area contributed by atoms with Crippen molar-refractivity contribution >= 4 is 39.1 Å². The third kappa shape index (κ3) is 13.7. The van der Waals surface area contributed by atoms with Crippen molar-refractivity contribution in [1.82, 2.24) is 10.2 Å². The molecular formula is C38H41BrCl2F4N2O4. The highest BCUT2D eigenvalue weighted by atomic mass is 79.9. The fourth-order valence-electron chi connectivity index (χ4n) is 5.37. The highest BCUT2D eigenvalue weighted by Crippen LogP contribution is 2.29. The summed E-state index contributed by atoms with van der Waals surface area (Å²) in [4.78, 5) is 2.21. The van der Waals surface area contributed by atoms with Crippen LogP contribution in [0.3, 0.4) is 0 Å². The van der Waals surface area contributed by atoms with Crippen LogP contribution in [0.25, 0.3) is 0 Å². The molecule has 2 unspecified atom stereocenters. The Morgan fingerprint density at radius 2 is 1.22 bits per heavy atom. The van der Waals surface area contributed by atoms with Gasteiger partial charge in [0, 0.05) is 66.5 Å². The van der Waals surface area contributed by atoms with Crippen LogP contribution in [0.4, 0.5) is 17.6 Å². The van der Waals surface area contributed by atoms with Gasteiger partial charge in [-0.2, -0.15) is 0 Å². The molecule has 0 saturated carbocycles. The first-order valence-corrected chi connectivity index (χ1v) is 18.3. The molecule has 0 radical (unpaired) electrons. The van der Waals surface area contributed by atoms with E-state index in [-0.39, 0.29) is 22.7 Å². The molecule has 0 amide bonds. The van der Waals surface area contributed by atoms with Crippen molar-refractivity contribution in [2.45, 2.75) is 37.9 Å². The van der Waals surface area contributed by atoms with Crippen molar-refractivity contribution in [3.63, 3.8) is 0 Å². The predicted molar refractivity (Wildman–Crippen MR) is 197 cm³/mol. The standard InChI is InChI=1S/C19H20ClF2NO2.C11H14ClNO.C8H7BrF2O/c1-19(25-16-5-2-14(20)3-6-16)8-9-23(13-19)10-11-24-18-7-4-15(21)12-17(18)22;1-11(6-7-13-8-11)14-10-4-2-9(12)3-5-10;9-3-4-12-8-2-1-6(10)5-7(8)11/h2-7,12H,8-11,13H2,1H3;2-5,13H,6-8H2,1H3;1-2,5H,3-4H2. The Kier molecular flexibility index (Phi) is 15.6. The number of hydrogen-bond acceptors (Lipinski definition) is 6. The first kappa shape index (κ1) is 40.5. The summed E-state index contributed by atoms with van der Waals surface area (Å²) in [5, 5.41) is 5.33. The zero-order valence-corrected chi connectivity index (χ0v) is 31.5. The lowest BCUT2D eigenvalue weighted by Crippen LogP contribution is -2.37. The van der Waals surface area contributed by atoms with Crippen LogP contribution in [0.15, 0.2) is 84.9 Å². The van der Waals surface area contributed by atoms with Crippen molar-refractivity contribution in [3.05, 3.63) is 118 Å². The maximum absolute atomic E-state index is 13.5. The van der Waals surface area contributed by atoms with Gasteiger partial charge in [-0.1, -0.05) is 39.1 Å². The van der Waals surface area contributed by atoms with Crippen molar-refractivity contribution < 1.29 is 36.5 Å². The number of nitrogens with zero attached hydrogens (tertiary/aromatic N) is 1. The van der Waals surface area contributed by atoms with E-state index in [1.54, 1.807) is 12.1 Å². The second-order valence-corrected chi connectivity index (χ2v) is 14.2. The molecule has 2 heterocycles. The molecule has 1 N–H and O–H groups in total. The Hall–Kier alpha value is -3.22. The molecule has 4 aromatic carbocycles. The summed E-state index contributed by atoms with van der Waals surface area (Å²) < 4.78 is 73.9. The summed E-state index contributed by atoms with van der Waals surface area (Å²) in [5.41, 5.74) is -0.344. The van der Waals surface area contributed by atoms with Gasteiger partial charge in [0.2, 0.25) is 0 Å². The maximum atomic E-state index is 13.5. The van der Waals surface area contributed by atoms with Crippen molar-refractivity contribution in [2.24, 2.45) is 0 Å². The van der Waals surface area contributed by atoms with Gasteiger partial charge in [0.25, 0.3) is 0 Å². The average Bonchev–Trinajstić information content (AvgIpc) is 3.69. The molecule has 0 bridgehead atoms. The summed E-state index contributed by atoms with van der Waals surface area (Å²) in [7, 11) is 0. The first-order chi connectivity index (χ1) is 24.3. The van der Waals surface area contributed by atoms with E-state index in [4.69, 9.17) is 42.1 Å². The zero-order valence-electron chi connectivity index (χ0n) is 28.4. The SMILES string of the molecule is CC1(Oc2ccc(Cl)cc2)CCN(CCOc2ccc(F)cc2F)C1.CC1(Oc2ccc(Cl)cc2)CCNC1.Fc1ccc(OCCBr)c(F)c1. The van der Waals surface area contributed by atoms with Crippen LogP contribution in [-0.4, -0.2) is 67.4 Å². The van der Waals surface area contributed by atoms with Gasteiger partial charge in [-0.15, -0.1) is 0 Å². The summed E-state index contributed by atoms with van der Waals surface area (Å²) in [6.07, 6.45) is 1.94. The Balaban J connectivity index is 0.000000189. The van der Waals surface area contributed by atoms with Gasteiger partial charge in [0.1, 0.15) is 40.9 Å². The molecule has 51 heavy (non-hydrogen) atoms. The molecule has 0 aromatic heterocycles. The number of halogens is 7. The van der Waals surface area contributed by atoms with Crippen LogP contribution in [-0.2, 0) is 0 Å². The molecule has 2 saturated heterocycles. The molecule has 13 heteroatoms. The van der Waals surface area contributed by atoms with Gasteiger partial charge in [-0.25, -0.2) is 17.6 Å². The van der Waals surface area contributed by atoms with Crippen LogP contribution in [0.5, 0.6) is 23.0 Å². The van der Waals surface area contributed by atoms with Crippen LogP contribution in [0.2, 0.25) is 10.0 Å². The summed E-state index contributed by atoms with van der Waals surface area (Å²) in [5.74, 6) is -0.734. The van der Waals surface area contributed by atoms with E-state index >= 15 is 0 Å². The topological polar surface area (TPSA) is 52.2 Å². The number of rotatable bonds is 11. The Morgan fingerprint density at radius 1 is 0.706 bits per heavy atom. The van der Waals surface area contributed by atoms with E-state index in [1.165, 1.54) is 18.2 Å². The van der Waals surface area contributed by atoms with E-state index in [1.807, 2.05) is 36.4 Å². The van der Waals surface area contributed by atoms with E-state index in [9.17, 15) is 17.6 Å². The lowest BCUT2D eigenvalue weighted by atomic mass is 10.1. The number of ether oxygens (including phenoxy) is 4. The lowest BCUT2D eigenvalue weighted by molar-refractivity contribution is 0.0933. The molecule has 276 valence electrons. The van der Waals surface area contributed by atoms with Gasteiger partial charge in [-0.05, 0) is 93.2 Å². The molecule has 2 atom stereocenters. The van der Waals surface area contributed by atoms with Crippen molar-refractivity contribution in [2.75, 3.05) is 51.3 Å². The molecule has 0 spiro atoms. The highest BCUT2D eigenvalue weighted by molar-refractivity contribution is 9.09. The first-order valence-electron chi connectivity index (χ1n) is 16.4. The van der Waals surface area contributed by atoms with Gasteiger partial charge < -0.3 is 24.3 Å². The lowest BCUT2D eigenvalue weighted by Gasteiger charge is -2.26. The third-order valence-electron chi connectivity index (χ3n) is 7.99. The molecule has 2 aliphatic heterocycles. The fourth-order valence-corrected chi connectivity index (χ4v) is 5.79. The van der Waals surface area contributed by atoms with Gasteiger partial charge in [-0.3, -0.25) is 4.90 Å². The quantitative estimate of drug-likeness (QED) is 0.120. The summed E-state index contributed by atoms with van der Waals surface area (Å²) >= 11 is 14.8. The minimum absolute atomic E-state index is 0.0617. The largest absolute Gasteiger partial charge is 0.490 e. The molecule has 0 aliphatic carbocycles. The fraction of sp³-hybridized carbons (Fsp3) is 0.368. The second-order valence-electron chi connectivity index (χ2n) is 12.5. The molecular weight excluding hydrogens is 775 g/mol. The average molecular weight is 817 g/mol. The Labute approximate surface area is 315 Å². The van der Waals surface area contributed by atoms with Crippen molar-refractivity contribution in [1.29, 1.82) is 0 Å². The normalized spacial score (nSPS) is 19.7. The van der Waals surface area contributed by atoms with E-state index in [0.717, 1.165) is 73.7 Å². The number of nitrogens with one attached hydrogen (secondary N) is 1. The molecule has 6 nitrogen and oxygen atoms in total. The number of benzene rings is 4. The van der Waals surface area contributed by atoms with E-state index in [0.29, 0.717) is 30.1 Å². The summed E-state index contributed by atoms with van der Waals surface area (Å²) in [6, 6.07) is 21.4. The molecule has 4 aromatic rings. The number of alkyl halides is 1. The van der Waals surface area contributed by atoms with Crippen LogP contribution < -0.4 is 24.3 Å². The van der Waals surface area contributed by atoms with Crippen LogP contribution >= 0.6 is 39.1 Å². The van der Waals surface area contributed by atoms with E-state index < -0.39 is 23.3 Å². The molecule has 2 aliphatic rings. The minimum Gasteiger partial charge on any atom is -0.490 e. The van der Waals surface area contributed by atoms with Crippen LogP contribution in [0, 0.1) is 23.3 Å². The third-order valence-corrected chi connectivity index (χ3v) is 8.82. The highest BCUT2D eigenvalue weighted by Gasteiger charge is 2.35. The number of likely N-dealkylation sites (tertiary alicyclic amines) is 1. The zero-order chi connectivity index (χ0) is 36.9. The Morgan fingerprint density at radius 3 is 1.69 bits per heavy atom. The predicted octanol–water partition coefficient (Wildman–Crippen LogP) is 9.75. The Bertz CT molecular complexity index is 1670. The van der Waals surface area contributed by atoms with Crippen molar-refractivity contribution in [3.8, 4) is 23.0 Å². The molecule has 2 fully saturated rings. The van der Waals surface area contributed by atoms with Gasteiger partial charge >= 0.3 is 0 Å². The summed E-state index contributed by atoms with van der Waals surface area (Å²) in [6.45, 7) is 9.12. The second kappa shape index (κ2) is 19.6. The monoisotopic (exact) mass is 814 g/mol. The smallest absolute Gasteiger partial charge is 0.167 e. The maximum Gasteiger partial charge on any atom is 0.167 e. The van der Waals surface area contributed by atoms with Gasteiger partial charge in [0.15, 0.2) is 23.1 Å². The van der Waals surface area contributed by atoms with Gasteiger partial charge in [0.05, 0.1) is 6.61 Å². The van der Waals surface area contributed by atoms with Crippen LogP contribution in [0.1, 0.15) is 26.7 Å². The minimum atomic E-state index is -0.683. The molecule has 6 rings (SSSR count). The van der Waals surface area contributed by atoms with E-state index in [2.05, 4.69) is 40.0 Å². The number of hydrogen-bond donors (Lipinski definition) is 1.